The summed E-state index contributed by atoms with van der Waals surface area (Å²) in [5.74, 6) is 1.19. The van der Waals surface area contributed by atoms with Crippen molar-refractivity contribution in [3.05, 3.63) is 29.4 Å². The van der Waals surface area contributed by atoms with Gasteiger partial charge in [-0.25, -0.2) is 9.97 Å². The summed E-state index contributed by atoms with van der Waals surface area (Å²) >= 11 is 7.66. The van der Waals surface area contributed by atoms with Crippen LogP contribution in [0.4, 0.5) is 17.3 Å². The van der Waals surface area contributed by atoms with Gasteiger partial charge in [0.1, 0.15) is 10.8 Å². The minimum atomic E-state index is 0.377. The van der Waals surface area contributed by atoms with Crippen molar-refractivity contribution in [2.75, 3.05) is 29.0 Å². The molecule has 3 rings (SSSR count). The van der Waals surface area contributed by atoms with Gasteiger partial charge in [0.2, 0.25) is 6.41 Å². The van der Waals surface area contributed by atoms with Crippen LogP contribution >= 0.6 is 23.4 Å². The summed E-state index contributed by atoms with van der Waals surface area (Å²) in [6.07, 6.45) is 4.60. The molecular formula is C18H22ClN5OS. The van der Waals surface area contributed by atoms with E-state index >= 15 is 0 Å². The minimum absolute atomic E-state index is 0.377. The second-order valence-electron chi connectivity index (χ2n) is 7.05. The Morgan fingerprint density at radius 2 is 2.08 bits per heavy atom. The zero-order valence-electron chi connectivity index (χ0n) is 14.8. The standard InChI is InChI=1S/C18H22ClN5OS/c1-18(2)6-8-24(9-7-18)14-10-21-17(16(20)23-14)26-13-5-3-4-12(15(13)19)22-11-25/h3-5,10-11H,6-9H2,1-2H3,(H2,20,23)(H,22,25). The zero-order chi connectivity index (χ0) is 18.7. The number of nitrogens with two attached hydrogens (primary N) is 1. The molecule has 1 aromatic carbocycles. The number of piperidine rings is 1. The van der Waals surface area contributed by atoms with Crippen molar-refractivity contribution >= 4 is 47.1 Å². The maximum Gasteiger partial charge on any atom is 0.211 e. The molecule has 0 atom stereocenters. The van der Waals surface area contributed by atoms with Crippen molar-refractivity contribution in [1.82, 2.24) is 9.97 Å². The molecule has 3 N–H and O–H groups in total. The molecular weight excluding hydrogens is 370 g/mol. The molecule has 0 spiro atoms. The molecule has 1 saturated heterocycles. The van der Waals surface area contributed by atoms with Gasteiger partial charge in [-0.15, -0.1) is 0 Å². The Morgan fingerprint density at radius 3 is 2.73 bits per heavy atom. The Kier molecular flexibility index (Phi) is 5.58. The van der Waals surface area contributed by atoms with Gasteiger partial charge in [-0.1, -0.05) is 43.3 Å². The van der Waals surface area contributed by atoms with E-state index in [0.29, 0.717) is 33.4 Å². The van der Waals surface area contributed by atoms with Crippen LogP contribution in [0.15, 0.2) is 34.3 Å². The molecule has 0 aliphatic carbocycles. The lowest BCUT2D eigenvalue weighted by molar-refractivity contribution is -0.105. The van der Waals surface area contributed by atoms with Gasteiger partial charge >= 0.3 is 0 Å². The Hall–Kier alpha value is -1.99. The number of carbonyl (C=O) groups excluding carboxylic acids is 1. The second-order valence-corrected chi connectivity index (χ2v) is 8.46. The number of anilines is 3. The van der Waals surface area contributed by atoms with Crippen LogP contribution in [0.25, 0.3) is 0 Å². The number of hydrogen-bond donors (Lipinski definition) is 2. The molecule has 1 aliphatic rings. The quantitative estimate of drug-likeness (QED) is 0.748. The van der Waals surface area contributed by atoms with Gasteiger partial charge in [0.05, 0.1) is 16.9 Å². The number of aromatic nitrogens is 2. The highest BCUT2D eigenvalue weighted by Gasteiger charge is 2.26. The number of nitrogen functional groups attached to an aromatic ring is 1. The Balaban J connectivity index is 1.77. The maximum atomic E-state index is 10.7. The first-order chi connectivity index (χ1) is 12.4. The van der Waals surface area contributed by atoms with E-state index in [-0.39, 0.29) is 0 Å². The van der Waals surface area contributed by atoms with Gasteiger partial charge in [0.25, 0.3) is 0 Å². The average molecular weight is 392 g/mol. The van der Waals surface area contributed by atoms with Crippen molar-refractivity contribution in [2.24, 2.45) is 5.41 Å². The second kappa shape index (κ2) is 7.72. The number of carbonyl (C=O) groups is 1. The van der Waals surface area contributed by atoms with Crippen LogP contribution in [-0.2, 0) is 4.79 Å². The number of rotatable bonds is 5. The van der Waals surface area contributed by atoms with Crippen LogP contribution < -0.4 is 16.0 Å². The van der Waals surface area contributed by atoms with E-state index in [1.54, 1.807) is 12.3 Å². The van der Waals surface area contributed by atoms with Crippen molar-refractivity contribution in [3.63, 3.8) is 0 Å². The summed E-state index contributed by atoms with van der Waals surface area (Å²) in [5.41, 5.74) is 7.06. The SMILES string of the molecule is CC1(C)CCN(c2cnc(Sc3cccc(NC=O)c3Cl)c(N)n2)CC1. The molecule has 1 aliphatic heterocycles. The van der Waals surface area contributed by atoms with E-state index < -0.39 is 0 Å². The molecule has 26 heavy (non-hydrogen) atoms. The summed E-state index contributed by atoms with van der Waals surface area (Å²) in [6.45, 7) is 6.50. The van der Waals surface area contributed by atoms with Gasteiger partial charge in [0.15, 0.2) is 5.82 Å². The summed E-state index contributed by atoms with van der Waals surface area (Å²) < 4.78 is 0. The number of halogens is 1. The normalized spacial score (nSPS) is 16.3. The van der Waals surface area contributed by atoms with Crippen molar-refractivity contribution in [1.29, 1.82) is 0 Å². The largest absolute Gasteiger partial charge is 0.381 e. The topological polar surface area (TPSA) is 84.1 Å². The van der Waals surface area contributed by atoms with Gasteiger partial charge in [-0.2, -0.15) is 0 Å². The van der Waals surface area contributed by atoms with Crippen LogP contribution in [-0.4, -0.2) is 29.5 Å². The third-order valence-electron chi connectivity index (χ3n) is 4.58. The predicted octanol–water partition coefficient (Wildman–Crippen LogP) is 4.06. The molecule has 6 nitrogen and oxygen atoms in total. The highest BCUT2D eigenvalue weighted by molar-refractivity contribution is 7.99. The van der Waals surface area contributed by atoms with E-state index in [1.165, 1.54) is 11.8 Å². The molecule has 8 heteroatoms. The van der Waals surface area contributed by atoms with Crippen molar-refractivity contribution in [2.45, 2.75) is 36.6 Å². The average Bonchev–Trinajstić information content (AvgIpc) is 2.60. The Labute approximate surface area is 162 Å². The highest BCUT2D eigenvalue weighted by atomic mass is 35.5. The molecule has 2 heterocycles. The zero-order valence-corrected chi connectivity index (χ0v) is 16.4. The molecule has 2 aromatic rings. The lowest BCUT2D eigenvalue weighted by Crippen LogP contribution is -2.37. The smallest absolute Gasteiger partial charge is 0.211 e. The van der Waals surface area contributed by atoms with Crippen LogP contribution in [0.3, 0.4) is 0 Å². The summed E-state index contributed by atoms with van der Waals surface area (Å²) in [7, 11) is 0. The number of nitrogens with one attached hydrogen (secondary N) is 1. The molecule has 0 saturated carbocycles. The monoisotopic (exact) mass is 391 g/mol. The molecule has 0 unspecified atom stereocenters. The Morgan fingerprint density at radius 1 is 1.35 bits per heavy atom. The Bertz CT molecular complexity index is 804. The van der Waals surface area contributed by atoms with Crippen LogP contribution in [0.5, 0.6) is 0 Å². The summed E-state index contributed by atoms with van der Waals surface area (Å²) in [4.78, 5) is 22.7. The minimum Gasteiger partial charge on any atom is -0.381 e. The predicted molar refractivity (Wildman–Crippen MR) is 107 cm³/mol. The van der Waals surface area contributed by atoms with Gasteiger partial charge in [-0.05, 0) is 30.4 Å². The lowest BCUT2D eigenvalue weighted by atomic mass is 9.83. The summed E-state index contributed by atoms with van der Waals surface area (Å²) in [5, 5.41) is 3.62. The maximum absolute atomic E-state index is 10.7. The fourth-order valence-electron chi connectivity index (χ4n) is 2.82. The summed E-state index contributed by atoms with van der Waals surface area (Å²) in [6, 6.07) is 5.40. The van der Waals surface area contributed by atoms with E-state index in [1.807, 2.05) is 12.1 Å². The van der Waals surface area contributed by atoms with Crippen LogP contribution in [0, 0.1) is 5.41 Å². The molecule has 1 fully saturated rings. The highest BCUT2D eigenvalue weighted by Crippen LogP contribution is 2.38. The van der Waals surface area contributed by atoms with E-state index in [0.717, 1.165) is 36.6 Å². The van der Waals surface area contributed by atoms with Gasteiger partial charge in [0, 0.05) is 18.0 Å². The molecule has 1 aromatic heterocycles. The van der Waals surface area contributed by atoms with E-state index in [9.17, 15) is 4.79 Å². The fourth-order valence-corrected chi connectivity index (χ4v) is 3.93. The van der Waals surface area contributed by atoms with Gasteiger partial charge in [-0.3, -0.25) is 4.79 Å². The van der Waals surface area contributed by atoms with Crippen LogP contribution in [0.2, 0.25) is 5.02 Å². The van der Waals surface area contributed by atoms with E-state index in [2.05, 4.69) is 34.0 Å². The van der Waals surface area contributed by atoms with E-state index in [4.69, 9.17) is 17.3 Å². The van der Waals surface area contributed by atoms with Crippen molar-refractivity contribution < 1.29 is 4.79 Å². The third kappa shape index (κ3) is 4.22. The third-order valence-corrected chi connectivity index (χ3v) is 6.16. The molecule has 1 amide bonds. The lowest BCUT2D eigenvalue weighted by Gasteiger charge is -2.37. The van der Waals surface area contributed by atoms with Crippen molar-refractivity contribution in [3.8, 4) is 0 Å². The molecule has 0 bridgehead atoms. The first-order valence-corrected chi connectivity index (χ1v) is 9.63. The fraction of sp³-hybridized carbons (Fsp3) is 0.389. The number of benzene rings is 1. The van der Waals surface area contributed by atoms with Crippen LogP contribution in [0.1, 0.15) is 26.7 Å². The number of nitrogens with zero attached hydrogens (tertiary/aromatic N) is 3. The first kappa shape index (κ1) is 18.8. The number of amides is 1. The molecule has 138 valence electrons. The molecule has 0 radical (unpaired) electrons. The van der Waals surface area contributed by atoms with Gasteiger partial charge < -0.3 is 16.0 Å². The first-order valence-electron chi connectivity index (χ1n) is 8.44. The number of hydrogen-bond acceptors (Lipinski definition) is 6.